The van der Waals surface area contributed by atoms with Gasteiger partial charge in [-0.05, 0) is 92.3 Å². The largest absolute Gasteiger partial charge is 0.489 e. The van der Waals surface area contributed by atoms with Crippen molar-refractivity contribution in [2.24, 2.45) is 0 Å². The van der Waals surface area contributed by atoms with Gasteiger partial charge in [0.25, 0.3) is 0 Å². The predicted octanol–water partition coefficient (Wildman–Crippen LogP) is 6.23. The van der Waals surface area contributed by atoms with E-state index in [-0.39, 0.29) is 12.6 Å². The van der Waals surface area contributed by atoms with Crippen LogP contribution in [0.4, 0.5) is 4.79 Å². The van der Waals surface area contributed by atoms with E-state index in [0.29, 0.717) is 31.1 Å². The van der Waals surface area contributed by atoms with Crippen LogP contribution in [0.25, 0.3) is 0 Å². The van der Waals surface area contributed by atoms with Gasteiger partial charge in [0.15, 0.2) is 17.6 Å². The Labute approximate surface area is 241 Å². The Hall–Kier alpha value is -4.20. The van der Waals surface area contributed by atoms with Crippen LogP contribution in [0, 0.1) is 13.8 Å². The van der Waals surface area contributed by atoms with E-state index in [0.717, 1.165) is 28.0 Å². The third-order valence-electron chi connectivity index (χ3n) is 7.39. The Morgan fingerprint density at radius 1 is 0.951 bits per heavy atom. The topological polar surface area (TPSA) is 83.5 Å². The molecule has 2 aliphatic rings. The number of methoxy groups -OCH3 is 1. The molecule has 5 rings (SSSR count). The summed E-state index contributed by atoms with van der Waals surface area (Å²) in [5, 5.41) is 0. The number of esters is 1. The van der Waals surface area contributed by atoms with Crippen molar-refractivity contribution in [3.05, 3.63) is 88.0 Å². The molecule has 2 aliphatic heterocycles. The SMILES string of the molecule is COC(=O)C1Cc2cc3c(cc2CN1C(=O)OC(C)(C)C)O[C@@H](c1ccc(OCc2ccc(C)c(C)c2)cc1)CO3. The lowest BCUT2D eigenvalue weighted by Gasteiger charge is -2.37. The summed E-state index contributed by atoms with van der Waals surface area (Å²) in [6, 6.07) is 17.2. The molecule has 0 fully saturated rings. The van der Waals surface area contributed by atoms with E-state index in [1.807, 2.05) is 36.4 Å². The predicted molar refractivity (Wildman–Crippen MR) is 153 cm³/mol. The van der Waals surface area contributed by atoms with Gasteiger partial charge in [0.1, 0.15) is 30.6 Å². The highest BCUT2D eigenvalue weighted by molar-refractivity contribution is 5.82. The van der Waals surface area contributed by atoms with Crippen molar-refractivity contribution in [2.45, 2.75) is 71.9 Å². The van der Waals surface area contributed by atoms with Crippen molar-refractivity contribution >= 4 is 12.1 Å². The molecule has 0 aromatic heterocycles. The van der Waals surface area contributed by atoms with Crippen LogP contribution in [0.1, 0.15) is 60.3 Å². The monoisotopic (exact) mass is 559 g/mol. The zero-order chi connectivity index (χ0) is 29.3. The van der Waals surface area contributed by atoms with E-state index >= 15 is 0 Å². The fraction of sp³-hybridized carbons (Fsp3) is 0.394. The van der Waals surface area contributed by atoms with Crippen LogP contribution in [0.5, 0.6) is 17.2 Å². The molecule has 2 heterocycles. The van der Waals surface area contributed by atoms with Crippen LogP contribution >= 0.6 is 0 Å². The highest BCUT2D eigenvalue weighted by Crippen LogP contribution is 2.41. The van der Waals surface area contributed by atoms with E-state index in [1.54, 1.807) is 20.8 Å². The lowest BCUT2D eigenvalue weighted by Crippen LogP contribution is -2.50. The molecule has 8 heteroatoms. The van der Waals surface area contributed by atoms with Crippen LogP contribution in [0.3, 0.4) is 0 Å². The molecule has 0 radical (unpaired) electrons. The van der Waals surface area contributed by atoms with Gasteiger partial charge in [0, 0.05) is 6.42 Å². The third kappa shape index (κ3) is 6.42. The number of fused-ring (bicyclic) bond motifs is 2. The number of amides is 1. The van der Waals surface area contributed by atoms with E-state index in [2.05, 4.69) is 32.0 Å². The summed E-state index contributed by atoms with van der Waals surface area (Å²) in [4.78, 5) is 27.0. The Morgan fingerprint density at radius 3 is 2.37 bits per heavy atom. The first kappa shape index (κ1) is 28.3. The molecule has 1 amide bonds. The summed E-state index contributed by atoms with van der Waals surface area (Å²) in [6.45, 7) is 10.6. The molecule has 0 N–H and O–H groups in total. The van der Waals surface area contributed by atoms with Gasteiger partial charge in [-0.1, -0.05) is 30.3 Å². The standard InChI is InChI=1S/C33H37NO7/c1-20-7-8-22(13-21(20)2)18-38-26-11-9-23(10-12-26)30-19-39-28-15-24-14-27(31(35)37-6)34(32(36)41-33(3,4)5)17-25(24)16-29(28)40-30/h7-13,15-16,27,30H,14,17-19H2,1-6H3/t27?,30-/m1/s1. The van der Waals surface area contributed by atoms with Gasteiger partial charge in [0.05, 0.1) is 13.7 Å². The van der Waals surface area contributed by atoms with E-state index in [4.69, 9.17) is 23.7 Å². The van der Waals surface area contributed by atoms with Crippen LogP contribution in [0.2, 0.25) is 0 Å². The lowest BCUT2D eigenvalue weighted by atomic mass is 9.93. The van der Waals surface area contributed by atoms with Crippen molar-refractivity contribution < 1.29 is 33.3 Å². The second-order valence-corrected chi connectivity index (χ2v) is 11.6. The Morgan fingerprint density at radius 2 is 1.68 bits per heavy atom. The van der Waals surface area contributed by atoms with E-state index in [1.165, 1.54) is 23.1 Å². The molecule has 3 aromatic carbocycles. The maximum atomic E-state index is 13.0. The Bertz CT molecular complexity index is 1440. The summed E-state index contributed by atoms with van der Waals surface area (Å²) in [5.74, 6) is 1.50. The van der Waals surface area contributed by atoms with Gasteiger partial charge in [-0.3, -0.25) is 4.90 Å². The molecule has 41 heavy (non-hydrogen) atoms. The van der Waals surface area contributed by atoms with Crippen LogP contribution < -0.4 is 14.2 Å². The molecule has 0 bridgehead atoms. The summed E-state index contributed by atoms with van der Waals surface area (Å²) in [7, 11) is 1.32. The average molecular weight is 560 g/mol. The quantitative estimate of drug-likeness (QED) is 0.343. The molecule has 8 nitrogen and oxygen atoms in total. The zero-order valence-electron chi connectivity index (χ0n) is 24.5. The van der Waals surface area contributed by atoms with Gasteiger partial charge in [0.2, 0.25) is 0 Å². The number of ether oxygens (including phenoxy) is 5. The lowest BCUT2D eigenvalue weighted by molar-refractivity contribution is -0.147. The number of rotatable bonds is 5. The van der Waals surface area contributed by atoms with Gasteiger partial charge < -0.3 is 23.7 Å². The van der Waals surface area contributed by atoms with Gasteiger partial charge >= 0.3 is 12.1 Å². The normalized spacial score (nSPS) is 17.9. The molecule has 3 aromatic rings. The fourth-order valence-electron chi connectivity index (χ4n) is 5.01. The van der Waals surface area contributed by atoms with Crippen molar-refractivity contribution in [1.29, 1.82) is 0 Å². The van der Waals surface area contributed by atoms with Crippen LogP contribution in [-0.4, -0.2) is 42.3 Å². The zero-order valence-corrected chi connectivity index (χ0v) is 24.5. The maximum absolute atomic E-state index is 13.0. The highest BCUT2D eigenvalue weighted by atomic mass is 16.6. The molecule has 0 saturated carbocycles. The minimum atomic E-state index is -0.784. The van der Waals surface area contributed by atoms with Crippen LogP contribution in [-0.2, 0) is 33.8 Å². The first-order chi connectivity index (χ1) is 19.5. The van der Waals surface area contributed by atoms with E-state index < -0.39 is 23.7 Å². The van der Waals surface area contributed by atoms with E-state index in [9.17, 15) is 9.59 Å². The van der Waals surface area contributed by atoms with Crippen molar-refractivity contribution in [1.82, 2.24) is 4.90 Å². The second kappa shape index (κ2) is 11.4. The molecular formula is C33H37NO7. The van der Waals surface area contributed by atoms with Crippen molar-refractivity contribution in [2.75, 3.05) is 13.7 Å². The number of aryl methyl sites for hydroxylation is 2. The molecule has 216 valence electrons. The maximum Gasteiger partial charge on any atom is 0.411 e. The van der Waals surface area contributed by atoms with Gasteiger partial charge in [-0.2, -0.15) is 0 Å². The first-order valence-electron chi connectivity index (χ1n) is 13.8. The number of benzene rings is 3. The molecular weight excluding hydrogens is 522 g/mol. The minimum Gasteiger partial charge on any atom is -0.489 e. The summed E-state index contributed by atoms with van der Waals surface area (Å²) >= 11 is 0. The molecule has 0 saturated heterocycles. The Balaban J connectivity index is 1.29. The number of carbonyl (C=O) groups excluding carboxylic acids is 2. The van der Waals surface area contributed by atoms with Gasteiger partial charge in [-0.25, -0.2) is 9.59 Å². The minimum absolute atomic E-state index is 0.192. The number of hydrogen-bond donors (Lipinski definition) is 0. The molecule has 1 unspecified atom stereocenters. The highest BCUT2D eigenvalue weighted by Gasteiger charge is 2.39. The number of carbonyl (C=O) groups is 2. The molecule has 2 atom stereocenters. The third-order valence-corrected chi connectivity index (χ3v) is 7.39. The second-order valence-electron chi connectivity index (χ2n) is 11.6. The van der Waals surface area contributed by atoms with Crippen molar-refractivity contribution in [3.63, 3.8) is 0 Å². The van der Waals surface area contributed by atoms with Crippen LogP contribution in [0.15, 0.2) is 54.6 Å². The van der Waals surface area contributed by atoms with Crippen molar-refractivity contribution in [3.8, 4) is 17.2 Å². The number of hydrogen-bond acceptors (Lipinski definition) is 7. The summed E-state index contributed by atoms with van der Waals surface area (Å²) in [5.41, 5.74) is 5.69. The van der Waals surface area contributed by atoms with Gasteiger partial charge in [-0.15, -0.1) is 0 Å². The summed E-state index contributed by atoms with van der Waals surface area (Å²) < 4.78 is 29.0. The Kier molecular flexibility index (Phi) is 7.84. The summed E-state index contributed by atoms with van der Waals surface area (Å²) in [6.07, 6.45) is -0.570. The fourth-order valence-corrected chi connectivity index (χ4v) is 5.01. The smallest absolute Gasteiger partial charge is 0.411 e. The molecule has 0 spiro atoms. The molecule has 0 aliphatic carbocycles. The number of nitrogens with zero attached hydrogens (tertiary/aromatic N) is 1. The first-order valence-corrected chi connectivity index (χ1v) is 13.8. The average Bonchev–Trinajstić information content (AvgIpc) is 2.94.